The average molecular weight is 407 g/mol. The molecule has 30 heavy (non-hydrogen) atoms. The number of hydrogen-bond donors (Lipinski definition) is 1. The summed E-state index contributed by atoms with van der Waals surface area (Å²) in [4.78, 5) is 12.7. The summed E-state index contributed by atoms with van der Waals surface area (Å²) < 4.78 is 22.1. The van der Waals surface area contributed by atoms with Crippen LogP contribution >= 0.6 is 0 Å². The van der Waals surface area contributed by atoms with Gasteiger partial charge in [-0.1, -0.05) is 42.5 Å². The van der Waals surface area contributed by atoms with Gasteiger partial charge in [0, 0.05) is 12.1 Å². The van der Waals surface area contributed by atoms with E-state index in [0.717, 1.165) is 16.9 Å². The minimum atomic E-state index is -0.246. The quantitative estimate of drug-likeness (QED) is 0.575. The van der Waals surface area contributed by atoms with Crippen molar-refractivity contribution in [3.8, 4) is 23.0 Å². The Labute approximate surface area is 176 Å². The van der Waals surface area contributed by atoms with Gasteiger partial charge in [0.1, 0.15) is 12.4 Å². The SMILES string of the molecule is COc1cccc(CNC(=O)c2cc(OC)c(OCc3ccccc3)c(OC)c2)c1. The van der Waals surface area contributed by atoms with Crippen molar-refractivity contribution in [2.75, 3.05) is 21.3 Å². The number of methoxy groups -OCH3 is 3. The monoisotopic (exact) mass is 407 g/mol. The summed E-state index contributed by atoms with van der Waals surface area (Å²) in [6.45, 7) is 0.724. The molecule has 0 aliphatic heterocycles. The average Bonchev–Trinajstić information content (AvgIpc) is 2.81. The van der Waals surface area contributed by atoms with Crippen LogP contribution in [0.4, 0.5) is 0 Å². The fourth-order valence-corrected chi connectivity index (χ4v) is 2.95. The Morgan fingerprint density at radius 2 is 1.47 bits per heavy atom. The molecule has 0 aromatic heterocycles. The summed E-state index contributed by atoms with van der Waals surface area (Å²) in [7, 11) is 4.67. The molecule has 1 amide bonds. The topological polar surface area (TPSA) is 66.0 Å². The van der Waals surface area contributed by atoms with Gasteiger partial charge in [-0.05, 0) is 35.4 Å². The second-order valence-electron chi connectivity index (χ2n) is 6.52. The van der Waals surface area contributed by atoms with Crippen molar-refractivity contribution in [2.45, 2.75) is 13.2 Å². The summed E-state index contributed by atoms with van der Waals surface area (Å²) in [5.74, 6) is 1.80. The zero-order chi connectivity index (χ0) is 21.3. The third-order valence-corrected chi connectivity index (χ3v) is 4.54. The molecule has 1 N–H and O–H groups in total. The standard InChI is InChI=1S/C24H25NO5/c1-27-20-11-7-10-18(12-20)15-25-24(26)19-13-21(28-2)23(22(14-19)29-3)30-16-17-8-5-4-6-9-17/h4-14H,15-16H2,1-3H3,(H,25,26). The van der Waals surface area contributed by atoms with Crippen LogP contribution < -0.4 is 24.3 Å². The molecule has 0 spiro atoms. The van der Waals surface area contributed by atoms with Crippen molar-refractivity contribution in [1.82, 2.24) is 5.32 Å². The first-order valence-corrected chi connectivity index (χ1v) is 9.48. The van der Waals surface area contributed by atoms with Crippen molar-refractivity contribution < 1.29 is 23.7 Å². The lowest BCUT2D eigenvalue weighted by atomic mass is 10.1. The summed E-state index contributed by atoms with van der Waals surface area (Å²) in [6.07, 6.45) is 0. The molecule has 156 valence electrons. The molecule has 0 fully saturated rings. The molecule has 0 atom stereocenters. The summed E-state index contributed by atoms with van der Waals surface area (Å²) in [5, 5.41) is 2.90. The van der Waals surface area contributed by atoms with Crippen LogP contribution in [0.3, 0.4) is 0 Å². The third-order valence-electron chi connectivity index (χ3n) is 4.54. The van der Waals surface area contributed by atoms with Gasteiger partial charge in [0.05, 0.1) is 21.3 Å². The fraction of sp³-hybridized carbons (Fsp3) is 0.208. The Kier molecular flexibility index (Phi) is 7.16. The molecule has 0 saturated heterocycles. The minimum Gasteiger partial charge on any atom is -0.497 e. The highest BCUT2D eigenvalue weighted by molar-refractivity contribution is 5.95. The lowest BCUT2D eigenvalue weighted by Crippen LogP contribution is -2.23. The van der Waals surface area contributed by atoms with Crippen molar-refractivity contribution in [1.29, 1.82) is 0 Å². The van der Waals surface area contributed by atoms with Gasteiger partial charge in [-0.2, -0.15) is 0 Å². The van der Waals surface area contributed by atoms with Crippen molar-refractivity contribution in [3.63, 3.8) is 0 Å². The van der Waals surface area contributed by atoms with E-state index in [1.165, 1.54) is 14.2 Å². The minimum absolute atomic E-state index is 0.246. The van der Waals surface area contributed by atoms with E-state index in [2.05, 4.69) is 5.32 Å². The van der Waals surface area contributed by atoms with Crippen LogP contribution in [0.25, 0.3) is 0 Å². The van der Waals surface area contributed by atoms with E-state index in [1.807, 2.05) is 54.6 Å². The number of hydrogen-bond acceptors (Lipinski definition) is 5. The molecule has 0 unspecified atom stereocenters. The van der Waals surface area contributed by atoms with Gasteiger partial charge in [0.25, 0.3) is 5.91 Å². The van der Waals surface area contributed by atoms with Gasteiger partial charge in [-0.15, -0.1) is 0 Å². The Hall–Kier alpha value is -3.67. The lowest BCUT2D eigenvalue weighted by Gasteiger charge is -2.16. The normalized spacial score (nSPS) is 10.2. The number of rotatable bonds is 9. The maximum absolute atomic E-state index is 12.7. The highest BCUT2D eigenvalue weighted by Crippen LogP contribution is 2.39. The Morgan fingerprint density at radius 1 is 0.800 bits per heavy atom. The highest BCUT2D eigenvalue weighted by Gasteiger charge is 2.18. The Bertz CT molecular complexity index is 963. The predicted molar refractivity (Wildman–Crippen MR) is 114 cm³/mol. The molecule has 3 aromatic rings. The van der Waals surface area contributed by atoms with Gasteiger partial charge < -0.3 is 24.3 Å². The molecule has 0 bridgehead atoms. The maximum atomic E-state index is 12.7. The zero-order valence-corrected chi connectivity index (χ0v) is 17.3. The van der Waals surface area contributed by atoms with E-state index in [4.69, 9.17) is 18.9 Å². The van der Waals surface area contributed by atoms with E-state index in [1.54, 1.807) is 19.2 Å². The van der Waals surface area contributed by atoms with E-state index in [9.17, 15) is 4.79 Å². The van der Waals surface area contributed by atoms with Crippen molar-refractivity contribution in [3.05, 3.63) is 83.4 Å². The van der Waals surface area contributed by atoms with Crippen LogP contribution in [0.15, 0.2) is 66.7 Å². The summed E-state index contributed by atoms with van der Waals surface area (Å²) in [6, 6.07) is 20.6. The van der Waals surface area contributed by atoms with Gasteiger partial charge in [-0.3, -0.25) is 4.79 Å². The van der Waals surface area contributed by atoms with E-state index >= 15 is 0 Å². The number of carbonyl (C=O) groups excluding carboxylic acids is 1. The van der Waals surface area contributed by atoms with E-state index < -0.39 is 0 Å². The van der Waals surface area contributed by atoms with Gasteiger partial charge in [0.15, 0.2) is 11.5 Å². The predicted octanol–water partition coefficient (Wildman–Crippen LogP) is 4.22. The van der Waals surface area contributed by atoms with Gasteiger partial charge in [0.2, 0.25) is 5.75 Å². The Morgan fingerprint density at radius 3 is 2.10 bits per heavy atom. The highest BCUT2D eigenvalue weighted by atomic mass is 16.5. The molecule has 6 nitrogen and oxygen atoms in total. The van der Waals surface area contributed by atoms with E-state index in [0.29, 0.717) is 36.0 Å². The van der Waals surface area contributed by atoms with Crippen LogP contribution in [-0.4, -0.2) is 27.2 Å². The van der Waals surface area contributed by atoms with Crippen LogP contribution in [0, 0.1) is 0 Å². The van der Waals surface area contributed by atoms with Gasteiger partial charge >= 0.3 is 0 Å². The first-order valence-electron chi connectivity index (χ1n) is 9.48. The molecular weight excluding hydrogens is 382 g/mol. The third kappa shape index (κ3) is 5.23. The molecule has 0 aliphatic rings. The smallest absolute Gasteiger partial charge is 0.251 e. The fourth-order valence-electron chi connectivity index (χ4n) is 2.95. The largest absolute Gasteiger partial charge is 0.497 e. The van der Waals surface area contributed by atoms with Crippen molar-refractivity contribution >= 4 is 5.91 Å². The number of nitrogens with one attached hydrogen (secondary N) is 1. The number of benzene rings is 3. The molecule has 0 heterocycles. The first kappa shape index (κ1) is 21.0. The molecule has 6 heteroatoms. The summed E-state index contributed by atoms with van der Waals surface area (Å²) >= 11 is 0. The molecule has 3 aromatic carbocycles. The number of amides is 1. The number of carbonyl (C=O) groups is 1. The second-order valence-corrected chi connectivity index (χ2v) is 6.52. The van der Waals surface area contributed by atoms with Crippen LogP contribution in [0.1, 0.15) is 21.5 Å². The van der Waals surface area contributed by atoms with Crippen LogP contribution in [0.2, 0.25) is 0 Å². The lowest BCUT2D eigenvalue weighted by molar-refractivity contribution is 0.0950. The maximum Gasteiger partial charge on any atom is 0.251 e. The first-order chi connectivity index (χ1) is 14.6. The number of ether oxygens (including phenoxy) is 4. The van der Waals surface area contributed by atoms with Crippen LogP contribution in [0.5, 0.6) is 23.0 Å². The summed E-state index contributed by atoms with van der Waals surface area (Å²) in [5.41, 5.74) is 2.37. The molecule has 0 radical (unpaired) electrons. The van der Waals surface area contributed by atoms with Gasteiger partial charge in [-0.25, -0.2) is 0 Å². The Balaban J connectivity index is 1.75. The van der Waals surface area contributed by atoms with Crippen molar-refractivity contribution in [2.24, 2.45) is 0 Å². The van der Waals surface area contributed by atoms with E-state index in [-0.39, 0.29) is 5.91 Å². The molecule has 0 saturated carbocycles. The molecule has 3 rings (SSSR count). The van der Waals surface area contributed by atoms with Crippen LogP contribution in [-0.2, 0) is 13.2 Å². The second kappa shape index (κ2) is 10.2. The zero-order valence-electron chi connectivity index (χ0n) is 17.3. The molecule has 0 aliphatic carbocycles. The molecular formula is C24H25NO5.